The zero-order valence-corrected chi connectivity index (χ0v) is 13.8. The molecule has 7 heteroatoms. The number of amides is 1. The lowest BCUT2D eigenvalue weighted by atomic mass is 10.1. The molecule has 1 saturated heterocycles. The fraction of sp³-hybridized carbons (Fsp3) is 0.533. The number of hydrogen-bond acceptors (Lipinski definition) is 3. The molecule has 1 aromatic rings. The summed E-state index contributed by atoms with van der Waals surface area (Å²) in [5, 5.41) is 2.82. The molecule has 0 bridgehead atoms. The van der Waals surface area contributed by atoms with Crippen LogP contribution in [0.25, 0.3) is 0 Å². The van der Waals surface area contributed by atoms with Gasteiger partial charge in [0.15, 0.2) is 0 Å². The highest BCUT2D eigenvalue weighted by molar-refractivity contribution is 7.89. The van der Waals surface area contributed by atoms with Crippen molar-refractivity contribution in [2.75, 3.05) is 6.54 Å². The molecule has 1 atom stereocenters. The summed E-state index contributed by atoms with van der Waals surface area (Å²) >= 11 is 0. The predicted molar refractivity (Wildman–Crippen MR) is 81.2 cm³/mol. The van der Waals surface area contributed by atoms with Crippen LogP contribution in [0.15, 0.2) is 29.2 Å². The zero-order chi connectivity index (χ0) is 16.5. The molecule has 1 fully saturated rings. The van der Waals surface area contributed by atoms with E-state index in [9.17, 15) is 17.6 Å². The van der Waals surface area contributed by atoms with E-state index in [1.165, 1.54) is 16.4 Å². The van der Waals surface area contributed by atoms with E-state index in [2.05, 4.69) is 5.32 Å². The first-order chi connectivity index (χ1) is 10.1. The maximum Gasteiger partial charge on any atom is 0.243 e. The van der Waals surface area contributed by atoms with Crippen LogP contribution in [-0.2, 0) is 14.8 Å². The van der Waals surface area contributed by atoms with Crippen molar-refractivity contribution in [2.24, 2.45) is 0 Å². The summed E-state index contributed by atoms with van der Waals surface area (Å²) in [6, 6.07) is 3.94. The van der Waals surface area contributed by atoms with Crippen LogP contribution in [0.1, 0.15) is 33.6 Å². The molecule has 22 heavy (non-hydrogen) atoms. The molecule has 5 nitrogen and oxygen atoms in total. The highest BCUT2D eigenvalue weighted by Gasteiger charge is 2.40. The molecule has 1 N–H and O–H groups in total. The van der Waals surface area contributed by atoms with Crippen LogP contribution in [0.2, 0.25) is 0 Å². The average molecular weight is 328 g/mol. The first-order valence-corrected chi connectivity index (χ1v) is 8.65. The Morgan fingerprint density at radius 3 is 2.41 bits per heavy atom. The number of benzene rings is 1. The molecule has 2 rings (SSSR count). The first kappa shape index (κ1) is 16.9. The molecule has 1 aliphatic heterocycles. The van der Waals surface area contributed by atoms with E-state index in [0.717, 1.165) is 12.1 Å². The summed E-state index contributed by atoms with van der Waals surface area (Å²) in [5.41, 5.74) is -0.426. The monoisotopic (exact) mass is 328 g/mol. The van der Waals surface area contributed by atoms with Crippen LogP contribution in [-0.4, -0.2) is 36.8 Å². The molecule has 0 aliphatic carbocycles. The third-order valence-corrected chi connectivity index (χ3v) is 5.35. The lowest BCUT2D eigenvalue weighted by Gasteiger charge is -2.27. The maximum absolute atomic E-state index is 13.0. The van der Waals surface area contributed by atoms with Crippen molar-refractivity contribution in [1.82, 2.24) is 9.62 Å². The Balaban J connectivity index is 2.26. The highest BCUT2D eigenvalue weighted by atomic mass is 32.2. The number of rotatable bonds is 3. The fourth-order valence-electron chi connectivity index (χ4n) is 2.48. The Bertz CT molecular complexity index is 650. The largest absolute Gasteiger partial charge is 0.350 e. The molecule has 1 unspecified atom stereocenters. The molecule has 1 amide bonds. The molecule has 1 heterocycles. The maximum atomic E-state index is 13.0. The van der Waals surface area contributed by atoms with Crippen LogP contribution >= 0.6 is 0 Å². The van der Waals surface area contributed by atoms with Crippen molar-refractivity contribution in [3.8, 4) is 0 Å². The lowest BCUT2D eigenvalue weighted by molar-refractivity contribution is -0.125. The second-order valence-corrected chi connectivity index (χ2v) is 8.36. The second kappa shape index (κ2) is 5.96. The molecule has 0 aromatic heterocycles. The van der Waals surface area contributed by atoms with Gasteiger partial charge >= 0.3 is 0 Å². The van der Waals surface area contributed by atoms with Crippen LogP contribution in [0, 0.1) is 5.82 Å². The van der Waals surface area contributed by atoms with E-state index in [-0.39, 0.29) is 10.8 Å². The molecule has 122 valence electrons. The van der Waals surface area contributed by atoms with Crippen LogP contribution < -0.4 is 5.32 Å². The summed E-state index contributed by atoms with van der Waals surface area (Å²) in [6.07, 6.45) is 1.12. The summed E-state index contributed by atoms with van der Waals surface area (Å²) in [5.74, 6) is -0.793. The van der Waals surface area contributed by atoms with Gasteiger partial charge in [0, 0.05) is 12.1 Å². The molecule has 1 aromatic carbocycles. The van der Waals surface area contributed by atoms with Crippen LogP contribution in [0.3, 0.4) is 0 Å². The Morgan fingerprint density at radius 1 is 1.27 bits per heavy atom. The van der Waals surface area contributed by atoms with Crippen molar-refractivity contribution in [3.05, 3.63) is 30.1 Å². The molecule has 0 saturated carbocycles. The lowest BCUT2D eigenvalue weighted by Crippen LogP contribution is -2.51. The van der Waals surface area contributed by atoms with Crippen LogP contribution in [0.5, 0.6) is 0 Å². The van der Waals surface area contributed by atoms with Crippen molar-refractivity contribution in [3.63, 3.8) is 0 Å². The Hall–Kier alpha value is -1.47. The zero-order valence-electron chi connectivity index (χ0n) is 13.0. The second-order valence-electron chi connectivity index (χ2n) is 6.47. The number of carbonyl (C=O) groups excluding carboxylic acids is 1. The van der Waals surface area contributed by atoms with Gasteiger partial charge in [-0.05, 0) is 57.9 Å². The Kier molecular flexibility index (Phi) is 4.58. The highest BCUT2D eigenvalue weighted by Crippen LogP contribution is 2.26. The van der Waals surface area contributed by atoms with E-state index in [4.69, 9.17) is 0 Å². The molecular formula is C15H21FN2O3S. The third-order valence-electron chi connectivity index (χ3n) is 3.42. The van der Waals surface area contributed by atoms with E-state index >= 15 is 0 Å². The number of carbonyl (C=O) groups is 1. The smallest absolute Gasteiger partial charge is 0.243 e. The van der Waals surface area contributed by atoms with Crippen molar-refractivity contribution in [2.45, 2.75) is 50.1 Å². The molecule has 0 radical (unpaired) electrons. The van der Waals surface area contributed by atoms with Gasteiger partial charge in [0.05, 0.1) is 4.90 Å². The summed E-state index contributed by atoms with van der Waals surface area (Å²) in [7, 11) is -3.80. The van der Waals surface area contributed by atoms with Crippen molar-refractivity contribution < 1.29 is 17.6 Å². The van der Waals surface area contributed by atoms with Crippen molar-refractivity contribution >= 4 is 15.9 Å². The van der Waals surface area contributed by atoms with Crippen molar-refractivity contribution in [1.29, 1.82) is 0 Å². The number of nitrogens with zero attached hydrogens (tertiary/aromatic N) is 1. The topological polar surface area (TPSA) is 66.5 Å². The van der Waals surface area contributed by atoms with E-state index in [0.29, 0.717) is 19.4 Å². The number of sulfonamides is 1. The van der Waals surface area contributed by atoms with E-state index in [1.54, 1.807) is 0 Å². The van der Waals surface area contributed by atoms with Gasteiger partial charge in [-0.2, -0.15) is 4.31 Å². The van der Waals surface area contributed by atoms with E-state index in [1.807, 2.05) is 20.8 Å². The predicted octanol–water partition coefficient (Wildman–Crippen LogP) is 1.89. The summed E-state index contributed by atoms with van der Waals surface area (Å²) in [4.78, 5) is 12.3. The normalized spacial score (nSPS) is 20.1. The van der Waals surface area contributed by atoms with Gasteiger partial charge in [-0.3, -0.25) is 4.79 Å². The average Bonchev–Trinajstić information content (AvgIpc) is 2.87. The van der Waals surface area contributed by atoms with Gasteiger partial charge in [0.2, 0.25) is 15.9 Å². The van der Waals surface area contributed by atoms with Crippen LogP contribution in [0.4, 0.5) is 4.39 Å². The van der Waals surface area contributed by atoms with Gasteiger partial charge in [-0.15, -0.1) is 0 Å². The molecular weight excluding hydrogens is 307 g/mol. The minimum Gasteiger partial charge on any atom is -0.350 e. The summed E-state index contributed by atoms with van der Waals surface area (Å²) in [6.45, 7) is 5.83. The fourth-order valence-corrected chi connectivity index (χ4v) is 4.14. The Labute approximate surface area is 130 Å². The Morgan fingerprint density at radius 2 is 1.86 bits per heavy atom. The quantitative estimate of drug-likeness (QED) is 0.921. The number of hydrogen-bond donors (Lipinski definition) is 1. The van der Waals surface area contributed by atoms with E-state index < -0.39 is 27.4 Å². The number of nitrogens with one attached hydrogen (secondary N) is 1. The SMILES string of the molecule is CC(C)(C)NC(=O)C1CCCN1S(=O)(=O)c1ccc(F)cc1. The summed E-state index contributed by atoms with van der Waals surface area (Å²) < 4.78 is 39.5. The molecule has 0 spiro atoms. The number of halogens is 1. The molecule has 1 aliphatic rings. The van der Waals surface area contributed by atoms with Gasteiger partial charge < -0.3 is 5.32 Å². The van der Waals surface area contributed by atoms with Gasteiger partial charge in [0.25, 0.3) is 0 Å². The first-order valence-electron chi connectivity index (χ1n) is 7.21. The minimum absolute atomic E-state index is 0.00404. The van der Waals surface area contributed by atoms with Gasteiger partial charge in [0.1, 0.15) is 11.9 Å². The standard InChI is InChI=1S/C15H21FN2O3S/c1-15(2,3)17-14(19)13-5-4-10-18(13)22(20,21)12-8-6-11(16)7-9-12/h6-9,13H,4-5,10H2,1-3H3,(H,17,19). The van der Waals surface area contributed by atoms with Gasteiger partial charge in [-0.1, -0.05) is 0 Å². The minimum atomic E-state index is -3.80. The third kappa shape index (κ3) is 3.64. The van der Waals surface area contributed by atoms with Gasteiger partial charge in [-0.25, -0.2) is 12.8 Å².